The number of halogens is 1. The molecule has 4 nitrogen and oxygen atoms in total. The van der Waals surface area contributed by atoms with Crippen molar-refractivity contribution in [3.63, 3.8) is 0 Å². The van der Waals surface area contributed by atoms with Crippen LogP contribution in [0.15, 0.2) is 6.07 Å². The summed E-state index contributed by atoms with van der Waals surface area (Å²) in [5.41, 5.74) is 5.48. The molecule has 3 N–H and O–H groups in total. The molecule has 1 rings (SSSR count). The smallest absolute Gasteiger partial charge is 0.223 e. The summed E-state index contributed by atoms with van der Waals surface area (Å²) in [6, 6.07) is 1.67. The molecule has 0 aliphatic carbocycles. The topological polar surface area (TPSA) is 63.8 Å². The molecule has 16 heavy (non-hydrogen) atoms. The van der Waals surface area contributed by atoms with Crippen molar-refractivity contribution in [2.75, 3.05) is 23.3 Å². The van der Waals surface area contributed by atoms with Gasteiger partial charge in [-0.05, 0) is 0 Å². The molecule has 0 aliphatic rings. The maximum absolute atomic E-state index is 5.76. The Labute approximate surface area is 105 Å². The molecule has 0 spiro atoms. The van der Waals surface area contributed by atoms with Gasteiger partial charge in [-0.15, -0.1) is 0 Å². The van der Waals surface area contributed by atoms with Gasteiger partial charge in [0.15, 0.2) is 0 Å². The van der Waals surface area contributed by atoms with Gasteiger partial charge in [0.05, 0.1) is 0 Å². The van der Waals surface area contributed by atoms with Gasteiger partial charge in [0.1, 0.15) is 11.0 Å². The van der Waals surface area contributed by atoms with Crippen molar-refractivity contribution in [3.8, 4) is 0 Å². The summed E-state index contributed by atoms with van der Waals surface area (Å²) in [7, 11) is 0. The van der Waals surface area contributed by atoms with Crippen LogP contribution in [-0.4, -0.2) is 27.0 Å². The minimum absolute atomic E-state index is 0.193. The predicted molar refractivity (Wildman–Crippen MR) is 72.2 cm³/mol. The van der Waals surface area contributed by atoms with Crippen LogP contribution in [0.2, 0.25) is 5.15 Å². The third-order valence-electron chi connectivity index (χ3n) is 1.66. The van der Waals surface area contributed by atoms with Crippen molar-refractivity contribution in [1.29, 1.82) is 0 Å². The second-order valence-electron chi connectivity index (χ2n) is 4.32. The molecule has 1 aromatic rings. The number of nitrogen functional groups attached to an aromatic ring is 1. The first-order valence-corrected chi connectivity index (χ1v) is 6.41. The molecule has 0 unspecified atom stereocenters. The molecule has 1 aromatic heterocycles. The molecule has 0 aliphatic heterocycles. The van der Waals surface area contributed by atoms with Crippen molar-refractivity contribution in [3.05, 3.63) is 11.2 Å². The molecule has 0 atom stereocenters. The lowest BCUT2D eigenvalue weighted by atomic mass is 10.3. The van der Waals surface area contributed by atoms with E-state index in [2.05, 4.69) is 36.1 Å². The fraction of sp³-hybridized carbons (Fsp3) is 0.600. The molecule has 90 valence electrons. The van der Waals surface area contributed by atoms with Crippen molar-refractivity contribution in [1.82, 2.24) is 9.97 Å². The van der Waals surface area contributed by atoms with Crippen LogP contribution >= 0.6 is 23.4 Å². The van der Waals surface area contributed by atoms with Gasteiger partial charge in [-0.25, -0.2) is 4.98 Å². The van der Waals surface area contributed by atoms with E-state index in [9.17, 15) is 0 Å². The number of thioether (sulfide) groups is 1. The monoisotopic (exact) mass is 260 g/mol. The van der Waals surface area contributed by atoms with E-state index in [0.717, 1.165) is 12.3 Å². The van der Waals surface area contributed by atoms with E-state index in [1.54, 1.807) is 6.07 Å². The summed E-state index contributed by atoms with van der Waals surface area (Å²) < 4.78 is 0.282. The van der Waals surface area contributed by atoms with E-state index in [0.29, 0.717) is 11.0 Å². The van der Waals surface area contributed by atoms with Gasteiger partial charge in [0.2, 0.25) is 5.95 Å². The zero-order valence-corrected chi connectivity index (χ0v) is 11.3. The fourth-order valence-electron chi connectivity index (χ4n) is 1.06. The Morgan fingerprint density at radius 2 is 2.12 bits per heavy atom. The van der Waals surface area contributed by atoms with E-state index in [4.69, 9.17) is 17.3 Å². The second-order valence-corrected chi connectivity index (χ2v) is 6.63. The van der Waals surface area contributed by atoms with Crippen LogP contribution in [-0.2, 0) is 0 Å². The molecular weight excluding hydrogens is 244 g/mol. The summed E-state index contributed by atoms with van der Waals surface area (Å²) in [6.07, 6.45) is 0. The second kappa shape index (κ2) is 5.59. The van der Waals surface area contributed by atoms with E-state index in [-0.39, 0.29) is 10.7 Å². The zero-order valence-electron chi connectivity index (χ0n) is 9.75. The van der Waals surface area contributed by atoms with Gasteiger partial charge in [-0.1, -0.05) is 32.4 Å². The number of hydrogen-bond donors (Lipinski definition) is 2. The Balaban J connectivity index is 2.37. The fourth-order valence-corrected chi connectivity index (χ4v) is 2.07. The highest BCUT2D eigenvalue weighted by atomic mass is 35.5. The third kappa shape index (κ3) is 5.42. The lowest BCUT2D eigenvalue weighted by Gasteiger charge is -2.17. The highest BCUT2D eigenvalue weighted by Crippen LogP contribution is 2.22. The van der Waals surface area contributed by atoms with Gasteiger partial charge in [0.25, 0.3) is 0 Å². The number of nitrogens with one attached hydrogen (secondary N) is 1. The Morgan fingerprint density at radius 1 is 1.44 bits per heavy atom. The Morgan fingerprint density at radius 3 is 2.69 bits per heavy atom. The highest BCUT2D eigenvalue weighted by molar-refractivity contribution is 8.00. The molecule has 0 bridgehead atoms. The quantitative estimate of drug-likeness (QED) is 0.644. The molecule has 0 fully saturated rings. The molecule has 0 saturated carbocycles. The summed E-state index contributed by atoms with van der Waals surface area (Å²) in [5.74, 6) is 1.87. The van der Waals surface area contributed by atoms with Gasteiger partial charge in [0, 0.05) is 23.1 Å². The average Bonchev–Trinajstić information content (AvgIpc) is 2.09. The van der Waals surface area contributed by atoms with Crippen LogP contribution in [0.25, 0.3) is 0 Å². The van der Waals surface area contributed by atoms with E-state index in [1.807, 2.05) is 11.8 Å². The maximum atomic E-state index is 5.76. The van der Waals surface area contributed by atoms with Crippen molar-refractivity contribution < 1.29 is 0 Å². The number of rotatable bonds is 4. The molecule has 0 saturated heterocycles. The van der Waals surface area contributed by atoms with Crippen LogP contribution in [0.5, 0.6) is 0 Å². The zero-order chi connectivity index (χ0) is 12.2. The molecule has 0 aromatic carbocycles. The molecule has 0 radical (unpaired) electrons. The summed E-state index contributed by atoms with van der Waals surface area (Å²) in [6.45, 7) is 7.40. The first kappa shape index (κ1) is 13.4. The number of nitrogens with zero attached hydrogens (tertiary/aromatic N) is 2. The lowest BCUT2D eigenvalue weighted by molar-refractivity contribution is 0.802. The lowest BCUT2D eigenvalue weighted by Crippen LogP contribution is -2.13. The van der Waals surface area contributed by atoms with Gasteiger partial charge in [-0.2, -0.15) is 16.7 Å². The summed E-state index contributed by atoms with van der Waals surface area (Å²) in [5, 5.41) is 3.52. The van der Waals surface area contributed by atoms with E-state index in [1.165, 1.54) is 0 Å². The number of nitrogens with two attached hydrogens (primary N) is 1. The Hall–Kier alpha value is -0.680. The van der Waals surface area contributed by atoms with E-state index >= 15 is 0 Å². The molecule has 0 amide bonds. The Kier molecular flexibility index (Phi) is 4.68. The van der Waals surface area contributed by atoms with Gasteiger partial charge >= 0.3 is 0 Å². The Bertz CT molecular complexity index is 331. The third-order valence-corrected chi connectivity index (χ3v) is 3.12. The van der Waals surface area contributed by atoms with Crippen LogP contribution in [0.1, 0.15) is 20.8 Å². The molecule has 6 heteroatoms. The number of aromatic nitrogens is 2. The van der Waals surface area contributed by atoms with Crippen molar-refractivity contribution in [2.45, 2.75) is 25.5 Å². The van der Waals surface area contributed by atoms with Gasteiger partial charge < -0.3 is 11.1 Å². The predicted octanol–water partition coefficient (Wildman–Crippen LogP) is 2.66. The number of anilines is 2. The van der Waals surface area contributed by atoms with Crippen LogP contribution in [0.4, 0.5) is 11.8 Å². The first-order chi connectivity index (χ1) is 7.37. The average molecular weight is 261 g/mol. The molecular formula is C10H17ClN4S. The largest absolute Gasteiger partial charge is 0.369 e. The normalized spacial score (nSPS) is 11.5. The van der Waals surface area contributed by atoms with Crippen LogP contribution in [0.3, 0.4) is 0 Å². The number of hydrogen-bond acceptors (Lipinski definition) is 5. The minimum Gasteiger partial charge on any atom is -0.369 e. The standard InChI is InChI=1S/C10H17ClN4S/c1-10(2,3)16-5-4-13-8-6-7(11)14-9(12)15-8/h6H,4-5H2,1-3H3,(H3,12,13,14,15). The van der Waals surface area contributed by atoms with Crippen molar-refractivity contribution in [2.24, 2.45) is 0 Å². The SMILES string of the molecule is CC(C)(C)SCCNc1cc(Cl)nc(N)n1. The van der Waals surface area contributed by atoms with Crippen LogP contribution in [0, 0.1) is 0 Å². The first-order valence-electron chi connectivity index (χ1n) is 5.05. The highest BCUT2D eigenvalue weighted by Gasteiger charge is 2.09. The summed E-state index contributed by atoms with van der Waals surface area (Å²) >= 11 is 7.65. The maximum Gasteiger partial charge on any atom is 0.223 e. The molecule has 1 heterocycles. The minimum atomic E-state index is 0.193. The van der Waals surface area contributed by atoms with Gasteiger partial charge in [-0.3, -0.25) is 0 Å². The van der Waals surface area contributed by atoms with Crippen LogP contribution < -0.4 is 11.1 Å². The van der Waals surface area contributed by atoms with Crippen molar-refractivity contribution >= 4 is 35.1 Å². The summed E-state index contributed by atoms with van der Waals surface area (Å²) in [4.78, 5) is 7.82. The van der Waals surface area contributed by atoms with E-state index < -0.39 is 0 Å².